The largest absolute Gasteiger partial charge is 0.329 e. The van der Waals surface area contributed by atoms with Crippen molar-refractivity contribution in [1.29, 1.82) is 0 Å². The molecule has 0 bridgehead atoms. The molecule has 34 heavy (non-hydrogen) atoms. The third kappa shape index (κ3) is 6.26. The molecule has 0 aliphatic rings. The minimum Gasteiger partial charge on any atom is -0.329 e. The summed E-state index contributed by atoms with van der Waals surface area (Å²) in [6.45, 7) is 12.7. The molecule has 0 fully saturated rings. The van der Waals surface area contributed by atoms with Crippen LogP contribution < -0.4 is 5.32 Å². The second-order valence-electron chi connectivity index (χ2n) is 10.00. The lowest BCUT2D eigenvalue weighted by Crippen LogP contribution is -2.40. The second-order valence-corrected chi connectivity index (χ2v) is 10.4. The van der Waals surface area contributed by atoms with Gasteiger partial charge in [-0.05, 0) is 48.7 Å². The van der Waals surface area contributed by atoms with Gasteiger partial charge in [-0.3, -0.25) is 9.59 Å². The van der Waals surface area contributed by atoms with Gasteiger partial charge in [-0.1, -0.05) is 64.4 Å². The smallest absolute Gasteiger partial charge is 0.254 e. The van der Waals surface area contributed by atoms with E-state index in [0.717, 1.165) is 16.9 Å². The van der Waals surface area contributed by atoms with E-state index in [4.69, 9.17) is 16.7 Å². The van der Waals surface area contributed by atoms with E-state index in [-0.39, 0.29) is 29.7 Å². The van der Waals surface area contributed by atoms with Crippen LogP contribution in [0, 0.1) is 12.8 Å². The molecule has 1 N–H and O–H groups in total. The van der Waals surface area contributed by atoms with Gasteiger partial charge >= 0.3 is 0 Å². The number of hydrogen-bond acceptors (Lipinski definition) is 3. The molecule has 1 heterocycles. The van der Waals surface area contributed by atoms with Crippen molar-refractivity contribution in [3.8, 4) is 5.69 Å². The van der Waals surface area contributed by atoms with Gasteiger partial charge in [-0.15, -0.1) is 0 Å². The molecule has 1 aromatic heterocycles. The number of halogens is 1. The Kier molecular flexibility index (Phi) is 7.82. The molecule has 6 nitrogen and oxygen atoms in total. The number of rotatable bonds is 7. The summed E-state index contributed by atoms with van der Waals surface area (Å²) in [6.07, 6.45) is 0. The highest BCUT2D eigenvalue weighted by Gasteiger charge is 2.24. The average Bonchev–Trinajstić information content (AvgIpc) is 3.17. The molecule has 0 aliphatic carbocycles. The number of nitrogens with one attached hydrogen (secondary N) is 1. The van der Waals surface area contributed by atoms with Gasteiger partial charge in [0.25, 0.3) is 5.91 Å². The first-order valence-corrected chi connectivity index (χ1v) is 11.8. The molecule has 0 radical (unpaired) electrons. The van der Waals surface area contributed by atoms with Gasteiger partial charge in [0.05, 0.1) is 11.4 Å². The molecule has 2 aromatic carbocycles. The van der Waals surface area contributed by atoms with Gasteiger partial charge in [-0.25, -0.2) is 4.68 Å². The monoisotopic (exact) mass is 480 g/mol. The first kappa shape index (κ1) is 25.5. The van der Waals surface area contributed by atoms with Crippen molar-refractivity contribution in [1.82, 2.24) is 14.7 Å². The predicted molar refractivity (Wildman–Crippen MR) is 138 cm³/mol. The summed E-state index contributed by atoms with van der Waals surface area (Å²) in [5.74, 6) is 0.295. The fourth-order valence-corrected chi connectivity index (χ4v) is 3.74. The lowest BCUT2D eigenvalue weighted by Gasteiger charge is -2.24. The number of carbonyl (C=O) groups excluding carboxylic acids is 2. The molecule has 0 spiro atoms. The highest BCUT2D eigenvalue weighted by Crippen LogP contribution is 2.27. The van der Waals surface area contributed by atoms with Gasteiger partial charge in [0.1, 0.15) is 12.4 Å². The summed E-state index contributed by atoms with van der Waals surface area (Å²) in [6, 6.07) is 16.5. The Morgan fingerprint density at radius 2 is 1.74 bits per heavy atom. The standard InChI is InChI=1S/C27H33ClN4O2/c1-18(2)16-31(26(34)20-11-13-21(28)14-12-20)17-25(33)29-24-15-23(27(4,5)6)30-32(24)22-10-8-7-9-19(22)3/h7-15,18H,16-17H2,1-6H3,(H,29,33). The van der Waals surface area contributed by atoms with E-state index in [9.17, 15) is 9.59 Å². The topological polar surface area (TPSA) is 67.2 Å². The third-order valence-electron chi connectivity index (χ3n) is 5.39. The summed E-state index contributed by atoms with van der Waals surface area (Å²) in [5, 5.41) is 8.35. The van der Waals surface area contributed by atoms with Crippen LogP contribution in [-0.4, -0.2) is 39.6 Å². The maximum absolute atomic E-state index is 13.2. The minimum absolute atomic E-state index is 0.0660. The summed E-state index contributed by atoms with van der Waals surface area (Å²) in [4.78, 5) is 27.9. The molecule has 0 saturated heterocycles. The van der Waals surface area contributed by atoms with E-state index in [2.05, 4.69) is 26.1 Å². The number of nitrogens with zero attached hydrogens (tertiary/aromatic N) is 3. The fourth-order valence-electron chi connectivity index (χ4n) is 3.61. The summed E-state index contributed by atoms with van der Waals surface area (Å²) >= 11 is 5.97. The van der Waals surface area contributed by atoms with Crippen LogP contribution in [0.3, 0.4) is 0 Å². The Labute approximate surface area is 206 Å². The van der Waals surface area contributed by atoms with Crippen molar-refractivity contribution in [2.24, 2.45) is 5.92 Å². The van der Waals surface area contributed by atoms with Crippen molar-refractivity contribution < 1.29 is 9.59 Å². The number of hydrogen-bond donors (Lipinski definition) is 1. The van der Waals surface area contributed by atoms with E-state index in [1.165, 1.54) is 0 Å². The maximum Gasteiger partial charge on any atom is 0.254 e. The number of benzene rings is 2. The van der Waals surface area contributed by atoms with Crippen molar-refractivity contribution in [3.05, 3.63) is 76.4 Å². The van der Waals surface area contributed by atoms with Gasteiger partial charge in [-0.2, -0.15) is 5.10 Å². The van der Waals surface area contributed by atoms with Crippen LogP contribution in [0.2, 0.25) is 5.02 Å². The zero-order valence-corrected chi connectivity index (χ0v) is 21.5. The second kappa shape index (κ2) is 10.4. The molecule has 3 aromatic rings. The number of aryl methyl sites for hydroxylation is 1. The highest BCUT2D eigenvalue weighted by molar-refractivity contribution is 6.30. The number of aromatic nitrogens is 2. The molecular weight excluding hydrogens is 448 g/mol. The van der Waals surface area contributed by atoms with Gasteiger partial charge in [0.2, 0.25) is 5.91 Å². The van der Waals surface area contributed by atoms with E-state index in [1.807, 2.05) is 51.1 Å². The normalized spacial score (nSPS) is 11.5. The first-order valence-electron chi connectivity index (χ1n) is 11.5. The SMILES string of the molecule is Cc1ccccc1-n1nc(C(C)(C)C)cc1NC(=O)CN(CC(C)C)C(=O)c1ccc(Cl)cc1. The van der Waals surface area contributed by atoms with Crippen LogP contribution in [0.25, 0.3) is 5.69 Å². The van der Waals surface area contributed by atoms with E-state index < -0.39 is 0 Å². The van der Waals surface area contributed by atoms with Gasteiger partial charge in [0.15, 0.2) is 0 Å². The fraction of sp³-hybridized carbons (Fsp3) is 0.370. The molecule has 3 rings (SSSR count). The Morgan fingerprint density at radius 3 is 2.32 bits per heavy atom. The van der Waals surface area contributed by atoms with Crippen LogP contribution in [-0.2, 0) is 10.2 Å². The van der Waals surface area contributed by atoms with Crippen LogP contribution in [0.15, 0.2) is 54.6 Å². The predicted octanol–water partition coefficient (Wildman–Crippen LogP) is 5.87. The molecule has 2 amide bonds. The molecule has 0 aliphatic heterocycles. The zero-order chi connectivity index (χ0) is 25.0. The quantitative estimate of drug-likeness (QED) is 0.460. The lowest BCUT2D eigenvalue weighted by molar-refractivity contribution is -0.117. The Morgan fingerprint density at radius 1 is 1.09 bits per heavy atom. The minimum atomic E-state index is -0.279. The van der Waals surface area contributed by atoms with E-state index >= 15 is 0 Å². The Balaban J connectivity index is 1.88. The molecule has 180 valence electrons. The molecule has 0 saturated carbocycles. The van der Waals surface area contributed by atoms with Crippen LogP contribution >= 0.6 is 11.6 Å². The summed E-state index contributed by atoms with van der Waals surface area (Å²) in [7, 11) is 0. The molecule has 0 unspecified atom stereocenters. The number of anilines is 1. The van der Waals surface area contributed by atoms with E-state index in [1.54, 1.807) is 33.8 Å². The Bertz CT molecular complexity index is 1160. The van der Waals surface area contributed by atoms with Crippen molar-refractivity contribution in [2.75, 3.05) is 18.4 Å². The molecular formula is C27H33ClN4O2. The van der Waals surface area contributed by atoms with Gasteiger partial charge < -0.3 is 10.2 Å². The number of amides is 2. The summed E-state index contributed by atoms with van der Waals surface area (Å²) < 4.78 is 1.77. The van der Waals surface area contributed by atoms with Crippen LogP contribution in [0.5, 0.6) is 0 Å². The zero-order valence-electron chi connectivity index (χ0n) is 20.7. The highest BCUT2D eigenvalue weighted by atomic mass is 35.5. The summed E-state index contributed by atoms with van der Waals surface area (Å²) in [5.41, 5.74) is 3.10. The first-order chi connectivity index (χ1) is 16.0. The van der Waals surface area contributed by atoms with E-state index in [0.29, 0.717) is 22.9 Å². The van der Waals surface area contributed by atoms with Crippen LogP contribution in [0.4, 0.5) is 5.82 Å². The molecule has 0 atom stereocenters. The lowest BCUT2D eigenvalue weighted by atomic mass is 9.92. The van der Waals surface area contributed by atoms with Crippen LogP contribution in [0.1, 0.15) is 56.2 Å². The number of carbonyl (C=O) groups is 2. The third-order valence-corrected chi connectivity index (χ3v) is 5.64. The van der Waals surface area contributed by atoms with Crippen molar-refractivity contribution in [3.63, 3.8) is 0 Å². The average molecular weight is 481 g/mol. The maximum atomic E-state index is 13.2. The van der Waals surface area contributed by atoms with Crippen molar-refractivity contribution in [2.45, 2.75) is 47.0 Å². The van der Waals surface area contributed by atoms with Gasteiger partial charge in [0, 0.05) is 28.6 Å². The van der Waals surface area contributed by atoms with Crippen molar-refractivity contribution >= 4 is 29.2 Å². The Hall–Kier alpha value is -3.12. The molecule has 7 heteroatoms. The number of para-hydroxylation sites is 1.